The Labute approximate surface area is 118 Å². The molecule has 1 aliphatic carbocycles. The maximum Gasteiger partial charge on any atom is 0.306 e. The number of hydrogen-bond donors (Lipinski definition) is 0. The average molecular weight is 350 g/mol. The molecule has 1 rings (SSSR count). The first-order valence-corrected chi connectivity index (χ1v) is 7.35. The highest BCUT2D eigenvalue weighted by Gasteiger charge is 2.30. The van der Waals surface area contributed by atoms with E-state index in [9.17, 15) is 4.79 Å². The SMILES string of the molecule is CC1C=CCC(I)(CCC(=O)OC(C)(C)C)C1. The maximum absolute atomic E-state index is 11.7. The number of allylic oxidation sites excluding steroid dienone is 2. The molecule has 0 aromatic rings. The van der Waals surface area contributed by atoms with Gasteiger partial charge in [0.1, 0.15) is 5.60 Å². The number of halogens is 1. The second-order valence-corrected chi connectivity index (χ2v) is 8.34. The van der Waals surface area contributed by atoms with Gasteiger partial charge >= 0.3 is 5.97 Å². The van der Waals surface area contributed by atoms with Crippen LogP contribution in [0.25, 0.3) is 0 Å². The second-order valence-electron chi connectivity index (χ2n) is 6.05. The highest BCUT2D eigenvalue weighted by Crippen LogP contribution is 2.39. The highest BCUT2D eigenvalue weighted by molar-refractivity contribution is 14.1. The normalized spacial score (nSPS) is 29.1. The van der Waals surface area contributed by atoms with Crippen LogP contribution < -0.4 is 0 Å². The molecular weight excluding hydrogens is 327 g/mol. The van der Waals surface area contributed by atoms with E-state index in [0.29, 0.717) is 12.3 Å². The molecule has 0 radical (unpaired) electrons. The lowest BCUT2D eigenvalue weighted by Gasteiger charge is -2.32. The summed E-state index contributed by atoms with van der Waals surface area (Å²) in [6.07, 6.45) is 8.19. The quantitative estimate of drug-likeness (QED) is 0.329. The van der Waals surface area contributed by atoms with Gasteiger partial charge in [-0.15, -0.1) is 0 Å². The molecule has 2 unspecified atom stereocenters. The molecule has 2 atom stereocenters. The Morgan fingerprint density at radius 1 is 1.53 bits per heavy atom. The van der Waals surface area contributed by atoms with Crippen LogP contribution in [-0.2, 0) is 9.53 Å². The lowest BCUT2D eigenvalue weighted by atomic mass is 9.85. The predicted octanol–water partition coefficient (Wildman–Crippen LogP) is 4.27. The minimum absolute atomic E-state index is 0.0734. The van der Waals surface area contributed by atoms with Crippen molar-refractivity contribution >= 4 is 28.6 Å². The molecule has 1 aliphatic rings. The van der Waals surface area contributed by atoms with E-state index >= 15 is 0 Å². The van der Waals surface area contributed by atoms with Gasteiger partial charge in [-0.05, 0) is 46.0 Å². The topological polar surface area (TPSA) is 26.3 Å². The Balaban J connectivity index is 2.40. The highest BCUT2D eigenvalue weighted by atomic mass is 127. The molecule has 0 heterocycles. The van der Waals surface area contributed by atoms with Crippen molar-refractivity contribution in [2.75, 3.05) is 0 Å². The van der Waals surface area contributed by atoms with Gasteiger partial charge in [0.05, 0.1) is 0 Å². The Morgan fingerprint density at radius 3 is 2.71 bits per heavy atom. The van der Waals surface area contributed by atoms with E-state index in [1.165, 1.54) is 0 Å². The molecule has 0 bridgehead atoms. The van der Waals surface area contributed by atoms with Crippen LogP contribution in [0.5, 0.6) is 0 Å². The third-order valence-electron chi connectivity index (χ3n) is 2.83. The Kier molecular flexibility index (Phi) is 5.05. The number of ether oxygens (including phenoxy) is 1. The van der Waals surface area contributed by atoms with Crippen LogP contribution in [0, 0.1) is 5.92 Å². The van der Waals surface area contributed by atoms with Gasteiger partial charge in [-0.1, -0.05) is 41.7 Å². The van der Waals surface area contributed by atoms with Crippen molar-refractivity contribution in [3.8, 4) is 0 Å². The molecule has 0 spiro atoms. The lowest BCUT2D eigenvalue weighted by Crippen LogP contribution is -2.29. The van der Waals surface area contributed by atoms with Crippen molar-refractivity contribution in [2.24, 2.45) is 5.92 Å². The van der Waals surface area contributed by atoms with Crippen molar-refractivity contribution < 1.29 is 9.53 Å². The predicted molar refractivity (Wildman–Crippen MR) is 79.4 cm³/mol. The number of rotatable bonds is 3. The number of alkyl halides is 1. The summed E-state index contributed by atoms with van der Waals surface area (Å²) >= 11 is 2.52. The largest absolute Gasteiger partial charge is 0.460 e. The fourth-order valence-corrected chi connectivity index (χ4v) is 3.38. The van der Waals surface area contributed by atoms with E-state index in [0.717, 1.165) is 19.3 Å². The zero-order valence-corrected chi connectivity index (χ0v) is 13.4. The minimum Gasteiger partial charge on any atom is -0.460 e. The Morgan fingerprint density at radius 2 is 2.18 bits per heavy atom. The van der Waals surface area contributed by atoms with Crippen LogP contribution in [0.15, 0.2) is 12.2 Å². The van der Waals surface area contributed by atoms with Gasteiger partial charge in [0.2, 0.25) is 0 Å². The molecule has 0 saturated heterocycles. The smallest absolute Gasteiger partial charge is 0.306 e. The summed E-state index contributed by atoms with van der Waals surface area (Å²) in [6.45, 7) is 7.97. The van der Waals surface area contributed by atoms with E-state index in [4.69, 9.17) is 4.74 Å². The zero-order valence-electron chi connectivity index (χ0n) is 11.3. The number of esters is 1. The summed E-state index contributed by atoms with van der Waals surface area (Å²) in [7, 11) is 0. The first-order valence-electron chi connectivity index (χ1n) is 6.28. The van der Waals surface area contributed by atoms with Crippen molar-refractivity contribution in [3.05, 3.63) is 12.2 Å². The van der Waals surface area contributed by atoms with Crippen LogP contribution in [0.4, 0.5) is 0 Å². The van der Waals surface area contributed by atoms with Crippen molar-refractivity contribution in [2.45, 2.75) is 62.4 Å². The molecule has 3 heteroatoms. The van der Waals surface area contributed by atoms with E-state index in [1.54, 1.807) is 0 Å². The second kappa shape index (κ2) is 5.72. The first kappa shape index (κ1) is 15.0. The third-order valence-corrected chi connectivity index (χ3v) is 4.25. The Hall–Kier alpha value is -0.0600. The van der Waals surface area contributed by atoms with Gasteiger partial charge in [0.15, 0.2) is 0 Å². The summed E-state index contributed by atoms with van der Waals surface area (Å²) in [6, 6.07) is 0. The number of hydrogen-bond acceptors (Lipinski definition) is 2. The average Bonchev–Trinajstić information content (AvgIpc) is 2.12. The molecule has 98 valence electrons. The molecule has 0 saturated carbocycles. The van der Waals surface area contributed by atoms with E-state index in [1.807, 2.05) is 20.8 Å². The van der Waals surface area contributed by atoms with Crippen LogP contribution in [0.2, 0.25) is 0 Å². The molecule has 0 aromatic heterocycles. The van der Waals surface area contributed by atoms with Crippen LogP contribution in [0.3, 0.4) is 0 Å². The van der Waals surface area contributed by atoms with Crippen LogP contribution in [-0.4, -0.2) is 15.0 Å². The first-order chi connectivity index (χ1) is 7.70. The number of carbonyl (C=O) groups is 1. The molecule has 0 aromatic carbocycles. The lowest BCUT2D eigenvalue weighted by molar-refractivity contribution is -0.155. The molecule has 0 fully saturated rings. The van der Waals surface area contributed by atoms with Gasteiger partial charge in [0, 0.05) is 9.84 Å². The molecule has 0 aliphatic heterocycles. The van der Waals surface area contributed by atoms with Gasteiger partial charge < -0.3 is 4.74 Å². The molecule has 2 nitrogen and oxygen atoms in total. The van der Waals surface area contributed by atoms with Crippen molar-refractivity contribution in [3.63, 3.8) is 0 Å². The summed E-state index contributed by atoms with van der Waals surface area (Å²) in [4.78, 5) is 11.7. The fourth-order valence-electron chi connectivity index (χ4n) is 2.16. The molecular formula is C14H23IO2. The fraction of sp³-hybridized carbons (Fsp3) is 0.786. The van der Waals surface area contributed by atoms with E-state index in [-0.39, 0.29) is 15.0 Å². The zero-order chi connectivity index (χ0) is 13.1. The van der Waals surface area contributed by atoms with Crippen molar-refractivity contribution in [1.29, 1.82) is 0 Å². The summed E-state index contributed by atoms with van der Waals surface area (Å²) in [5, 5.41) is 0. The Bertz CT molecular complexity index is 304. The summed E-state index contributed by atoms with van der Waals surface area (Å²) < 4.78 is 5.58. The van der Waals surface area contributed by atoms with Gasteiger partial charge in [-0.2, -0.15) is 0 Å². The molecule has 0 amide bonds. The van der Waals surface area contributed by atoms with Gasteiger partial charge in [-0.3, -0.25) is 4.79 Å². The minimum atomic E-state index is -0.366. The summed E-state index contributed by atoms with van der Waals surface area (Å²) in [5.74, 6) is 0.551. The summed E-state index contributed by atoms with van der Waals surface area (Å²) in [5.41, 5.74) is -0.366. The number of carbonyl (C=O) groups excluding carboxylic acids is 1. The van der Waals surface area contributed by atoms with E-state index in [2.05, 4.69) is 41.7 Å². The third kappa shape index (κ3) is 5.89. The van der Waals surface area contributed by atoms with Gasteiger partial charge in [-0.25, -0.2) is 0 Å². The maximum atomic E-state index is 11.7. The van der Waals surface area contributed by atoms with Crippen LogP contribution >= 0.6 is 22.6 Å². The molecule has 0 N–H and O–H groups in total. The van der Waals surface area contributed by atoms with E-state index < -0.39 is 0 Å². The van der Waals surface area contributed by atoms with Gasteiger partial charge in [0.25, 0.3) is 0 Å². The molecule has 17 heavy (non-hydrogen) atoms. The van der Waals surface area contributed by atoms with Crippen LogP contribution in [0.1, 0.15) is 53.4 Å². The monoisotopic (exact) mass is 350 g/mol. The standard InChI is InChI=1S/C14H23IO2/c1-11-6-5-8-14(15,10-11)9-7-12(16)17-13(2,3)4/h5-6,11H,7-10H2,1-4H3. The van der Waals surface area contributed by atoms with Crippen molar-refractivity contribution in [1.82, 2.24) is 0 Å².